The van der Waals surface area contributed by atoms with E-state index in [-0.39, 0.29) is 0 Å². The Morgan fingerprint density at radius 1 is 0.615 bits per heavy atom. The lowest BCUT2D eigenvalue weighted by molar-refractivity contribution is 0.202. The molecule has 0 aromatic heterocycles. The summed E-state index contributed by atoms with van der Waals surface area (Å²) in [5.74, 6) is 2.02. The monoisotopic (exact) mass is 600 g/mol. The van der Waals surface area contributed by atoms with E-state index in [4.69, 9.17) is 9.47 Å². The molecule has 0 fully saturated rings. The molecule has 39 heavy (non-hydrogen) atoms. The summed E-state index contributed by atoms with van der Waals surface area (Å²) >= 11 is 3.63. The van der Waals surface area contributed by atoms with Crippen molar-refractivity contribution in [1.29, 1.82) is 0 Å². The number of rotatable bonds is 14. The second kappa shape index (κ2) is 16.6. The lowest BCUT2D eigenvalue weighted by Gasteiger charge is -2.27. The fourth-order valence-electron chi connectivity index (χ4n) is 6.31. The molecule has 4 rings (SSSR count). The van der Waals surface area contributed by atoms with Gasteiger partial charge in [0.2, 0.25) is 0 Å². The minimum atomic E-state index is 0.675. The number of ether oxygens (including phenoxy) is 2. The second-order valence-corrected chi connectivity index (χ2v) is 11.9. The van der Waals surface area contributed by atoms with Crippen LogP contribution in [0.25, 0.3) is 0 Å². The smallest absolute Gasteiger partial charge is 0.133 e. The minimum Gasteiger partial charge on any atom is -0.494 e. The molecule has 0 saturated carbocycles. The Morgan fingerprint density at radius 2 is 1.08 bits per heavy atom. The van der Waals surface area contributed by atoms with E-state index < -0.39 is 0 Å². The van der Waals surface area contributed by atoms with Gasteiger partial charge < -0.3 is 9.47 Å². The fraction of sp³-hybridized carbons (Fsp3) is 0.647. The Morgan fingerprint density at radius 3 is 1.56 bits per heavy atom. The van der Waals surface area contributed by atoms with Crippen molar-refractivity contribution in [3.05, 3.63) is 57.1 Å². The summed E-state index contributed by atoms with van der Waals surface area (Å²) in [6.07, 6.45) is 9.72. The molecule has 0 spiro atoms. The fourth-order valence-corrected chi connectivity index (χ4v) is 6.81. The van der Waals surface area contributed by atoms with Crippen LogP contribution in [0.3, 0.4) is 0 Å². The first-order valence-electron chi connectivity index (χ1n) is 15.6. The van der Waals surface area contributed by atoms with Crippen molar-refractivity contribution < 1.29 is 9.47 Å². The van der Waals surface area contributed by atoms with Crippen LogP contribution in [-0.2, 0) is 25.7 Å². The van der Waals surface area contributed by atoms with Crippen molar-refractivity contribution in [3.63, 3.8) is 0 Å². The lowest BCUT2D eigenvalue weighted by Crippen LogP contribution is -2.37. The van der Waals surface area contributed by atoms with Gasteiger partial charge in [0.15, 0.2) is 0 Å². The summed E-state index contributed by atoms with van der Waals surface area (Å²) in [5, 5.41) is 0. The zero-order chi connectivity index (χ0) is 28.2. The van der Waals surface area contributed by atoms with E-state index in [0.717, 1.165) is 29.2 Å². The lowest BCUT2D eigenvalue weighted by atomic mass is 10.1. The number of halogens is 1. The van der Waals surface area contributed by atoms with Gasteiger partial charge in [0.1, 0.15) is 11.5 Å². The summed E-state index contributed by atoms with van der Waals surface area (Å²) in [6.45, 7) is 19.5. The molecule has 0 heterocycles. The van der Waals surface area contributed by atoms with Crippen LogP contribution < -0.4 is 9.47 Å². The largest absolute Gasteiger partial charge is 0.494 e. The van der Waals surface area contributed by atoms with E-state index >= 15 is 0 Å². The SMILES string of the molecule is CCCN(CCC)[C@H]1Cc2cc(Br)c(OCC)cc2C1.CCCN(CCC)[C@H]1Cc2ccc(OCC)cc2C1. The third-order valence-electron chi connectivity index (χ3n) is 7.94. The average molecular weight is 602 g/mol. The van der Waals surface area contributed by atoms with E-state index in [9.17, 15) is 0 Å². The Hall–Kier alpha value is -1.56. The minimum absolute atomic E-state index is 0.675. The van der Waals surface area contributed by atoms with Crippen LogP contribution in [0, 0.1) is 0 Å². The summed E-state index contributed by atoms with van der Waals surface area (Å²) < 4.78 is 12.4. The molecule has 2 aromatic rings. The summed E-state index contributed by atoms with van der Waals surface area (Å²) in [5.41, 5.74) is 5.97. The van der Waals surface area contributed by atoms with Crippen molar-refractivity contribution in [3.8, 4) is 11.5 Å². The van der Waals surface area contributed by atoms with Crippen LogP contribution in [0.1, 0.15) is 89.5 Å². The van der Waals surface area contributed by atoms with E-state index in [1.165, 1.54) is 99.8 Å². The molecule has 0 amide bonds. The van der Waals surface area contributed by atoms with Gasteiger partial charge in [0, 0.05) is 12.1 Å². The maximum Gasteiger partial charge on any atom is 0.133 e. The molecular weight excluding hydrogens is 548 g/mol. The van der Waals surface area contributed by atoms with E-state index in [2.05, 4.69) is 83.8 Å². The molecule has 0 saturated heterocycles. The predicted octanol–water partition coefficient (Wildman–Crippen LogP) is 8.11. The molecule has 5 heteroatoms. The first-order valence-corrected chi connectivity index (χ1v) is 16.4. The molecule has 0 bridgehead atoms. The molecule has 2 atom stereocenters. The van der Waals surface area contributed by atoms with Crippen LogP contribution >= 0.6 is 15.9 Å². The topological polar surface area (TPSA) is 24.9 Å². The Balaban J connectivity index is 0.000000216. The van der Waals surface area contributed by atoms with Gasteiger partial charge in [-0.3, -0.25) is 9.80 Å². The summed E-state index contributed by atoms with van der Waals surface area (Å²) in [4.78, 5) is 5.33. The number of benzene rings is 2. The van der Waals surface area contributed by atoms with Crippen molar-refractivity contribution in [2.75, 3.05) is 39.4 Å². The predicted molar refractivity (Wildman–Crippen MR) is 170 cm³/mol. The van der Waals surface area contributed by atoms with Crippen LogP contribution in [0.5, 0.6) is 11.5 Å². The zero-order valence-electron chi connectivity index (χ0n) is 25.5. The maximum atomic E-state index is 5.69. The van der Waals surface area contributed by atoms with E-state index in [0.29, 0.717) is 12.1 Å². The van der Waals surface area contributed by atoms with Crippen molar-refractivity contribution in [1.82, 2.24) is 9.80 Å². The van der Waals surface area contributed by atoms with Gasteiger partial charge in [0.25, 0.3) is 0 Å². The molecular formula is C34H53BrN2O2. The molecule has 0 radical (unpaired) electrons. The van der Waals surface area contributed by atoms with Crippen LogP contribution in [0.15, 0.2) is 34.8 Å². The highest BCUT2D eigenvalue weighted by Gasteiger charge is 2.28. The quantitative estimate of drug-likeness (QED) is 0.218. The number of hydrogen-bond acceptors (Lipinski definition) is 4. The van der Waals surface area contributed by atoms with Gasteiger partial charge in [-0.1, -0.05) is 33.8 Å². The van der Waals surface area contributed by atoms with Crippen molar-refractivity contribution in [2.24, 2.45) is 0 Å². The summed E-state index contributed by atoms with van der Waals surface area (Å²) in [7, 11) is 0. The van der Waals surface area contributed by atoms with Crippen LogP contribution in [0.4, 0.5) is 0 Å². The number of nitrogens with zero attached hydrogens (tertiary/aromatic N) is 2. The standard InChI is InChI=1S/C17H26BrNO.C17H27NO/c1-4-7-19(8-5-2)15-9-13-11-16(18)17(20-6-3)12-14(13)10-15;1-4-9-18(10-5-2)16-11-14-7-8-17(19-6-3)13-15(14)12-16/h11-12,15H,4-10H2,1-3H3;7-8,13,16H,4-6,9-12H2,1-3H3/t15-;16-/m00/s1. The van der Waals surface area contributed by atoms with Gasteiger partial charge in [-0.25, -0.2) is 0 Å². The third-order valence-corrected chi connectivity index (χ3v) is 8.56. The molecule has 0 aliphatic heterocycles. The first-order chi connectivity index (χ1) is 19.0. The average Bonchev–Trinajstić information content (AvgIpc) is 3.53. The molecule has 2 aliphatic rings. The Bertz CT molecular complexity index is 999. The Labute approximate surface area is 247 Å². The van der Waals surface area contributed by atoms with Crippen molar-refractivity contribution in [2.45, 2.75) is 105 Å². The second-order valence-electron chi connectivity index (χ2n) is 11.0. The highest BCUT2D eigenvalue weighted by atomic mass is 79.9. The highest BCUT2D eigenvalue weighted by Crippen LogP contribution is 2.35. The molecule has 218 valence electrons. The molecule has 0 unspecified atom stereocenters. The number of fused-ring (bicyclic) bond motifs is 2. The van der Waals surface area contributed by atoms with Gasteiger partial charge in [-0.05, 0) is 154 Å². The normalized spacial score (nSPS) is 17.7. The molecule has 0 N–H and O–H groups in total. The first kappa shape index (κ1) is 32.0. The third kappa shape index (κ3) is 8.96. The maximum absolute atomic E-state index is 5.69. The zero-order valence-corrected chi connectivity index (χ0v) is 27.1. The van der Waals surface area contributed by atoms with Gasteiger partial charge in [-0.15, -0.1) is 0 Å². The van der Waals surface area contributed by atoms with Gasteiger partial charge in [0.05, 0.1) is 17.7 Å². The summed E-state index contributed by atoms with van der Waals surface area (Å²) in [6, 6.07) is 12.5. The highest BCUT2D eigenvalue weighted by molar-refractivity contribution is 9.10. The van der Waals surface area contributed by atoms with Crippen molar-refractivity contribution >= 4 is 15.9 Å². The molecule has 2 aromatic carbocycles. The molecule has 4 nitrogen and oxygen atoms in total. The van der Waals surface area contributed by atoms with Gasteiger partial charge in [-0.2, -0.15) is 0 Å². The van der Waals surface area contributed by atoms with Crippen LogP contribution in [0.2, 0.25) is 0 Å². The number of hydrogen-bond donors (Lipinski definition) is 0. The van der Waals surface area contributed by atoms with Crippen LogP contribution in [-0.4, -0.2) is 61.3 Å². The van der Waals surface area contributed by atoms with E-state index in [1.807, 2.05) is 13.8 Å². The Kier molecular flexibility index (Phi) is 13.6. The van der Waals surface area contributed by atoms with Gasteiger partial charge >= 0.3 is 0 Å². The van der Waals surface area contributed by atoms with E-state index in [1.54, 1.807) is 0 Å². The molecule has 2 aliphatic carbocycles.